The van der Waals surface area contributed by atoms with Crippen LogP contribution >= 0.6 is 23.4 Å². The highest BCUT2D eigenvalue weighted by Crippen LogP contribution is 2.21. The van der Waals surface area contributed by atoms with Gasteiger partial charge in [0.2, 0.25) is 15.9 Å². The largest absolute Gasteiger partial charge is 0.331 e. The zero-order valence-corrected chi connectivity index (χ0v) is 15.5. The number of benzene rings is 1. The van der Waals surface area contributed by atoms with E-state index in [9.17, 15) is 13.2 Å². The van der Waals surface area contributed by atoms with Gasteiger partial charge in [-0.25, -0.2) is 13.1 Å². The molecule has 1 amide bonds. The molecule has 2 heterocycles. The second-order valence-corrected chi connectivity index (χ2v) is 9.29. The molecule has 1 aromatic rings. The lowest BCUT2D eigenvalue weighted by atomic mass is 10.1. The van der Waals surface area contributed by atoms with Gasteiger partial charge in [0.15, 0.2) is 0 Å². The zero-order chi connectivity index (χ0) is 17.2. The average molecular weight is 390 g/mol. The number of carbonyl (C=O) groups is 1. The Morgan fingerprint density at radius 1 is 1.46 bits per heavy atom. The lowest BCUT2D eigenvalue weighted by Crippen LogP contribution is -2.42. The van der Waals surface area contributed by atoms with Crippen molar-refractivity contribution in [1.29, 1.82) is 0 Å². The number of nitrogens with one attached hydrogen (secondary N) is 2. The van der Waals surface area contributed by atoms with Crippen molar-refractivity contribution in [2.24, 2.45) is 5.92 Å². The third-order valence-electron chi connectivity index (χ3n) is 4.25. The summed E-state index contributed by atoms with van der Waals surface area (Å²) in [4.78, 5) is 14.4. The first-order valence-electron chi connectivity index (χ1n) is 7.81. The van der Waals surface area contributed by atoms with Crippen LogP contribution in [0.3, 0.4) is 0 Å². The summed E-state index contributed by atoms with van der Waals surface area (Å²) in [5, 5.41) is 3.60. The maximum absolute atomic E-state index is 12.4. The number of nitrogens with zero attached hydrogens (tertiary/aromatic N) is 1. The highest BCUT2D eigenvalue weighted by atomic mass is 35.5. The van der Waals surface area contributed by atoms with Crippen LogP contribution in [-0.4, -0.2) is 56.5 Å². The van der Waals surface area contributed by atoms with Crippen LogP contribution < -0.4 is 10.0 Å². The van der Waals surface area contributed by atoms with E-state index in [1.165, 1.54) is 12.1 Å². The number of thioether (sulfide) groups is 1. The molecule has 0 aliphatic carbocycles. The molecule has 1 aromatic carbocycles. The topological polar surface area (TPSA) is 78.5 Å². The van der Waals surface area contributed by atoms with Crippen LogP contribution in [0.1, 0.15) is 6.42 Å². The molecule has 2 aliphatic rings. The van der Waals surface area contributed by atoms with Gasteiger partial charge in [0.1, 0.15) is 0 Å². The summed E-state index contributed by atoms with van der Waals surface area (Å²) in [6, 6.07) is 5.97. The van der Waals surface area contributed by atoms with Crippen molar-refractivity contribution in [3.8, 4) is 0 Å². The van der Waals surface area contributed by atoms with Gasteiger partial charge in [0.25, 0.3) is 0 Å². The van der Waals surface area contributed by atoms with Crippen LogP contribution in [0.25, 0.3) is 0 Å². The van der Waals surface area contributed by atoms with Gasteiger partial charge >= 0.3 is 0 Å². The lowest BCUT2D eigenvalue weighted by molar-refractivity contribution is -0.131. The van der Waals surface area contributed by atoms with Crippen LogP contribution in [-0.2, 0) is 14.8 Å². The molecule has 6 nitrogen and oxygen atoms in total. The van der Waals surface area contributed by atoms with Crippen LogP contribution in [0.5, 0.6) is 0 Å². The van der Waals surface area contributed by atoms with E-state index in [0.29, 0.717) is 24.5 Å². The smallest absolute Gasteiger partial charge is 0.240 e. The van der Waals surface area contributed by atoms with E-state index in [-0.39, 0.29) is 22.8 Å². The summed E-state index contributed by atoms with van der Waals surface area (Å²) in [7, 11) is -3.58. The average Bonchev–Trinajstić information content (AvgIpc) is 3.24. The molecule has 24 heavy (non-hydrogen) atoms. The van der Waals surface area contributed by atoms with Gasteiger partial charge < -0.3 is 10.2 Å². The van der Waals surface area contributed by atoms with Crippen LogP contribution in [0.2, 0.25) is 5.02 Å². The monoisotopic (exact) mass is 389 g/mol. The van der Waals surface area contributed by atoms with Gasteiger partial charge in [-0.05, 0) is 30.5 Å². The molecule has 0 saturated carbocycles. The normalized spacial score (nSPS) is 24.5. The minimum Gasteiger partial charge on any atom is -0.331 e. The number of carbonyl (C=O) groups excluding carboxylic acids is 1. The van der Waals surface area contributed by atoms with Crippen molar-refractivity contribution in [2.75, 3.05) is 31.3 Å². The molecule has 2 N–H and O–H groups in total. The first kappa shape index (κ1) is 18.0. The fourth-order valence-corrected chi connectivity index (χ4v) is 5.28. The molecule has 0 spiro atoms. The van der Waals surface area contributed by atoms with Crippen LogP contribution in [0.15, 0.2) is 29.2 Å². The molecule has 9 heteroatoms. The van der Waals surface area contributed by atoms with Crippen molar-refractivity contribution in [3.63, 3.8) is 0 Å². The Bertz CT molecular complexity index is 708. The van der Waals surface area contributed by atoms with Gasteiger partial charge in [-0.2, -0.15) is 0 Å². The predicted molar refractivity (Wildman–Crippen MR) is 95.6 cm³/mol. The molecule has 0 aromatic heterocycles. The highest BCUT2D eigenvalue weighted by molar-refractivity contribution is 7.99. The third-order valence-corrected chi connectivity index (χ3v) is 6.87. The van der Waals surface area contributed by atoms with Crippen LogP contribution in [0, 0.1) is 5.92 Å². The molecule has 0 bridgehead atoms. The summed E-state index contributed by atoms with van der Waals surface area (Å²) in [5.41, 5.74) is 0. The van der Waals surface area contributed by atoms with Crippen molar-refractivity contribution in [3.05, 3.63) is 29.3 Å². The first-order valence-corrected chi connectivity index (χ1v) is 10.8. The van der Waals surface area contributed by atoms with E-state index in [0.717, 1.165) is 18.2 Å². The fraction of sp³-hybridized carbons (Fsp3) is 0.533. The third kappa shape index (κ3) is 4.23. The number of amides is 1. The summed E-state index contributed by atoms with van der Waals surface area (Å²) < 4.78 is 27.2. The maximum atomic E-state index is 12.4. The van der Waals surface area contributed by atoms with Crippen molar-refractivity contribution < 1.29 is 13.2 Å². The maximum Gasteiger partial charge on any atom is 0.240 e. The second kappa shape index (κ2) is 7.61. The van der Waals surface area contributed by atoms with Crippen LogP contribution in [0.4, 0.5) is 0 Å². The number of rotatable bonds is 5. The lowest BCUT2D eigenvalue weighted by Gasteiger charge is -2.19. The van der Waals surface area contributed by atoms with Gasteiger partial charge in [-0.15, -0.1) is 11.8 Å². The summed E-state index contributed by atoms with van der Waals surface area (Å²) in [6.45, 7) is 1.74. The summed E-state index contributed by atoms with van der Waals surface area (Å²) >= 11 is 7.61. The Labute approximate surface area is 151 Å². The van der Waals surface area contributed by atoms with Crippen molar-refractivity contribution >= 4 is 39.3 Å². The molecular formula is C15H20ClN3O3S2. The standard InChI is InChI=1S/C15H20ClN3O3S2/c16-12-2-1-3-13(7-12)24(21,22)18-9-11-6-14(17-8-11)15(20)19-4-5-23-10-19/h1-3,7,11,14,17-18H,4-6,8-10H2. The predicted octanol–water partition coefficient (Wildman–Crippen LogP) is 1.13. The van der Waals surface area contributed by atoms with E-state index in [2.05, 4.69) is 10.0 Å². The Morgan fingerprint density at radius 3 is 3.00 bits per heavy atom. The molecule has 2 unspecified atom stereocenters. The molecular weight excluding hydrogens is 370 g/mol. The molecule has 2 fully saturated rings. The Hall–Kier alpha value is -0.800. The first-order chi connectivity index (χ1) is 11.5. The van der Waals surface area contributed by atoms with Gasteiger partial charge in [0, 0.05) is 30.4 Å². The molecule has 3 rings (SSSR count). The Balaban J connectivity index is 1.53. The second-order valence-electron chi connectivity index (χ2n) is 6.01. The number of halogens is 1. The fourth-order valence-electron chi connectivity index (χ4n) is 2.91. The Morgan fingerprint density at radius 2 is 2.29 bits per heavy atom. The van der Waals surface area contributed by atoms with Gasteiger partial charge in [-0.3, -0.25) is 4.79 Å². The van der Waals surface area contributed by atoms with E-state index in [1.807, 2.05) is 4.90 Å². The summed E-state index contributed by atoms with van der Waals surface area (Å²) in [5.74, 6) is 1.97. The minimum absolute atomic E-state index is 0.100. The quantitative estimate of drug-likeness (QED) is 0.789. The zero-order valence-electron chi connectivity index (χ0n) is 13.1. The molecule has 2 saturated heterocycles. The molecule has 2 aliphatic heterocycles. The highest BCUT2D eigenvalue weighted by Gasteiger charge is 2.33. The number of hydrogen-bond donors (Lipinski definition) is 2. The molecule has 0 radical (unpaired) electrons. The van der Waals surface area contributed by atoms with Crippen molar-refractivity contribution in [2.45, 2.75) is 17.4 Å². The number of sulfonamides is 1. The summed E-state index contributed by atoms with van der Waals surface area (Å²) in [6.07, 6.45) is 0.651. The number of hydrogen-bond acceptors (Lipinski definition) is 5. The SMILES string of the molecule is O=C(C1CC(CNS(=O)(=O)c2cccc(Cl)c2)CN1)N1CCSC1. The van der Waals surface area contributed by atoms with E-state index < -0.39 is 10.0 Å². The molecule has 132 valence electrons. The van der Waals surface area contributed by atoms with Gasteiger partial charge in [0.05, 0.1) is 16.8 Å². The van der Waals surface area contributed by atoms with Gasteiger partial charge in [-0.1, -0.05) is 17.7 Å². The molecule has 2 atom stereocenters. The Kier molecular flexibility index (Phi) is 5.71. The van der Waals surface area contributed by atoms with E-state index in [1.54, 1.807) is 23.9 Å². The van der Waals surface area contributed by atoms with E-state index >= 15 is 0 Å². The minimum atomic E-state index is -3.58. The van der Waals surface area contributed by atoms with Crippen molar-refractivity contribution in [1.82, 2.24) is 14.9 Å². The van der Waals surface area contributed by atoms with E-state index in [4.69, 9.17) is 11.6 Å².